The van der Waals surface area contributed by atoms with Crippen LogP contribution in [0.1, 0.15) is 6.92 Å². The predicted molar refractivity (Wildman–Crippen MR) is 71.4 cm³/mol. The summed E-state index contributed by atoms with van der Waals surface area (Å²) in [6.07, 6.45) is 3.14. The number of rotatable bonds is 3. The maximum atomic E-state index is 9.25. The minimum absolute atomic E-state index is 0.397. The minimum atomic E-state index is -0.397. The summed E-state index contributed by atoms with van der Waals surface area (Å²) >= 11 is 2.26. The molecule has 2 N–H and O–H groups in total. The number of hydrogen-bond donors (Lipinski definition) is 2. The first-order valence-electron chi connectivity index (χ1n) is 4.97. The van der Waals surface area contributed by atoms with E-state index in [9.17, 15) is 5.11 Å². The Morgan fingerprint density at radius 1 is 1.56 bits per heavy atom. The second kappa shape index (κ2) is 4.54. The number of aryl methyl sites for hydroxylation is 1. The van der Waals surface area contributed by atoms with E-state index in [2.05, 4.69) is 37.9 Å². The van der Waals surface area contributed by atoms with Crippen LogP contribution in [-0.2, 0) is 7.05 Å². The molecule has 6 heteroatoms. The van der Waals surface area contributed by atoms with E-state index in [1.165, 1.54) is 6.33 Å². The quantitative estimate of drug-likeness (QED) is 0.834. The molecule has 0 fully saturated rings. The summed E-state index contributed by atoms with van der Waals surface area (Å²) in [7, 11) is 1.95. The largest absolute Gasteiger partial charge is 0.392 e. The molecular formula is C10H13IN4O. The number of halogens is 1. The van der Waals surface area contributed by atoms with Crippen molar-refractivity contribution in [3.63, 3.8) is 0 Å². The molecule has 86 valence electrons. The average Bonchev–Trinajstić information content (AvgIpc) is 2.52. The van der Waals surface area contributed by atoms with Crippen LogP contribution in [0.3, 0.4) is 0 Å². The fraction of sp³-hybridized carbons (Fsp3) is 0.400. The molecule has 0 aliphatic heterocycles. The predicted octanol–water partition coefficient (Wildman–Crippen LogP) is 1.37. The van der Waals surface area contributed by atoms with Gasteiger partial charge in [0, 0.05) is 23.4 Å². The van der Waals surface area contributed by atoms with Crippen molar-refractivity contribution in [3.05, 3.63) is 16.1 Å². The van der Waals surface area contributed by atoms with E-state index in [0.29, 0.717) is 6.54 Å². The van der Waals surface area contributed by atoms with Gasteiger partial charge in [-0.05, 0) is 29.5 Å². The summed E-state index contributed by atoms with van der Waals surface area (Å²) in [4.78, 5) is 8.44. The molecule has 0 saturated carbocycles. The SMILES string of the molecule is CC(O)CNc1ncnc2c1c(I)cn2C. The third-order valence-electron chi connectivity index (χ3n) is 2.27. The molecule has 2 aromatic rings. The zero-order chi connectivity index (χ0) is 11.7. The van der Waals surface area contributed by atoms with Gasteiger partial charge < -0.3 is 15.0 Å². The van der Waals surface area contributed by atoms with Crippen LogP contribution in [0.2, 0.25) is 0 Å². The molecule has 0 aromatic carbocycles. The molecule has 5 nitrogen and oxygen atoms in total. The lowest BCUT2D eigenvalue weighted by molar-refractivity contribution is 0.208. The molecule has 0 radical (unpaired) electrons. The monoisotopic (exact) mass is 332 g/mol. The smallest absolute Gasteiger partial charge is 0.146 e. The van der Waals surface area contributed by atoms with Crippen LogP contribution in [0.5, 0.6) is 0 Å². The first kappa shape index (κ1) is 11.6. The molecule has 1 unspecified atom stereocenters. The highest BCUT2D eigenvalue weighted by atomic mass is 127. The van der Waals surface area contributed by atoms with Gasteiger partial charge in [0.25, 0.3) is 0 Å². The maximum absolute atomic E-state index is 9.25. The number of anilines is 1. The summed E-state index contributed by atoms with van der Waals surface area (Å²) in [6.45, 7) is 2.22. The second-order valence-corrected chi connectivity index (χ2v) is 4.90. The molecule has 0 bridgehead atoms. The number of nitrogens with one attached hydrogen (secondary N) is 1. The lowest BCUT2D eigenvalue weighted by Gasteiger charge is -2.08. The Morgan fingerprint density at radius 3 is 3.00 bits per heavy atom. The van der Waals surface area contributed by atoms with E-state index in [1.54, 1.807) is 6.92 Å². The Bertz CT molecular complexity index is 509. The zero-order valence-corrected chi connectivity index (χ0v) is 11.3. The Morgan fingerprint density at radius 2 is 2.31 bits per heavy atom. The average molecular weight is 332 g/mol. The van der Waals surface area contributed by atoms with E-state index in [4.69, 9.17) is 0 Å². The van der Waals surface area contributed by atoms with Gasteiger partial charge in [0.05, 0.1) is 11.5 Å². The van der Waals surface area contributed by atoms with Gasteiger partial charge in [-0.1, -0.05) is 0 Å². The summed E-state index contributed by atoms with van der Waals surface area (Å²) in [5, 5.41) is 13.4. The highest BCUT2D eigenvalue weighted by molar-refractivity contribution is 14.1. The normalized spacial score (nSPS) is 13.0. The molecule has 2 rings (SSSR count). The fourth-order valence-corrected chi connectivity index (χ4v) is 2.45. The number of aliphatic hydroxyl groups is 1. The number of aromatic nitrogens is 3. The van der Waals surface area contributed by atoms with Gasteiger partial charge in [-0.25, -0.2) is 9.97 Å². The van der Waals surface area contributed by atoms with Crippen molar-refractivity contribution in [1.29, 1.82) is 0 Å². The van der Waals surface area contributed by atoms with Gasteiger partial charge >= 0.3 is 0 Å². The van der Waals surface area contributed by atoms with Crippen LogP contribution >= 0.6 is 22.6 Å². The highest BCUT2D eigenvalue weighted by Gasteiger charge is 2.11. The van der Waals surface area contributed by atoms with Crippen LogP contribution in [0.4, 0.5) is 5.82 Å². The van der Waals surface area contributed by atoms with Gasteiger partial charge in [0.1, 0.15) is 17.8 Å². The molecule has 0 aliphatic carbocycles. The first-order chi connectivity index (χ1) is 7.59. The number of fused-ring (bicyclic) bond motifs is 1. The maximum Gasteiger partial charge on any atom is 0.146 e. The Kier molecular flexibility index (Phi) is 3.29. The number of nitrogens with zero attached hydrogens (tertiary/aromatic N) is 3. The molecular weight excluding hydrogens is 319 g/mol. The van der Waals surface area contributed by atoms with Crippen LogP contribution in [0.25, 0.3) is 11.0 Å². The van der Waals surface area contributed by atoms with Gasteiger partial charge in [0.2, 0.25) is 0 Å². The Hall–Kier alpha value is -0.890. The van der Waals surface area contributed by atoms with Gasteiger partial charge in [-0.2, -0.15) is 0 Å². The van der Waals surface area contributed by atoms with E-state index < -0.39 is 6.10 Å². The second-order valence-electron chi connectivity index (χ2n) is 3.74. The minimum Gasteiger partial charge on any atom is -0.392 e. The van der Waals surface area contributed by atoms with Crippen LogP contribution in [-0.4, -0.2) is 32.3 Å². The lowest BCUT2D eigenvalue weighted by Crippen LogP contribution is -2.16. The topological polar surface area (TPSA) is 63.0 Å². The lowest BCUT2D eigenvalue weighted by atomic mass is 10.3. The highest BCUT2D eigenvalue weighted by Crippen LogP contribution is 2.25. The van der Waals surface area contributed by atoms with Crippen molar-refractivity contribution >= 4 is 39.4 Å². The molecule has 0 amide bonds. The van der Waals surface area contributed by atoms with E-state index in [1.807, 2.05) is 17.8 Å². The summed E-state index contributed by atoms with van der Waals surface area (Å²) < 4.78 is 3.07. The van der Waals surface area contributed by atoms with Crippen LogP contribution < -0.4 is 5.32 Å². The van der Waals surface area contributed by atoms with Crippen molar-refractivity contribution in [2.45, 2.75) is 13.0 Å². The van der Waals surface area contributed by atoms with Gasteiger partial charge in [-0.3, -0.25) is 0 Å². The molecule has 0 saturated heterocycles. The Balaban J connectivity index is 2.45. The van der Waals surface area contributed by atoms with E-state index in [0.717, 1.165) is 20.4 Å². The first-order valence-corrected chi connectivity index (χ1v) is 6.05. The zero-order valence-electron chi connectivity index (χ0n) is 9.11. The molecule has 2 aromatic heterocycles. The molecule has 16 heavy (non-hydrogen) atoms. The van der Waals surface area contributed by atoms with E-state index in [-0.39, 0.29) is 0 Å². The Labute approximate surface area is 107 Å². The van der Waals surface area contributed by atoms with Crippen molar-refractivity contribution in [2.24, 2.45) is 7.05 Å². The summed E-state index contributed by atoms with van der Waals surface area (Å²) in [6, 6.07) is 0. The van der Waals surface area contributed by atoms with Gasteiger partial charge in [-0.15, -0.1) is 0 Å². The van der Waals surface area contributed by atoms with Crippen LogP contribution in [0.15, 0.2) is 12.5 Å². The molecule has 0 spiro atoms. The van der Waals surface area contributed by atoms with E-state index >= 15 is 0 Å². The van der Waals surface area contributed by atoms with Crippen LogP contribution in [0, 0.1) is 3.57 Å². The standard InChI is InChI=1S/C10H13IN4O/c1-6(16)3-12-9-8-7(11)4-15(2)10(8)14-5-13-9/h4-6,16H,3H2,1-2H3,(H,12,13,14). The van der Waals surface area contributed by atoms with Crippen molar-refractivity contribution in [2.75, 3.05) is 11.9 Å². The van der Waals surface area contributed by atoms with Crippen molar-refractivity contribution < 1.29 is 5.11 Å². The molecule has 2 heterocycles. The fourth-order valence-electron chi connectivity index (χ4n) is 1.54. The number of aliphatic hydroxyl groups excluding tert-OH is 1. The van der Waals surface area contributed by atoms with Crippen molar-refractivity contribution in [1.82, 2.24) is 14.5 Å². The van der Waals surface area contributed by atoms with Crippen molar-refractivity contribution in [3.8, 4) is 0 Å². The van der Waals surface area contributed by atoms with Gasteiger partial charge in [0.15, 0.2) is 0 Å². The third-order valence-corrected chi connectivity index (χ3v) is 3.09. The molecule has 0 aliphatic rings. The summed E-state index contributed by atoms with van der Waals surface area (Å²) in [5.41, 5.74) is 0.896. The molecule has 1 atom stereocenters. The number of hydrogen-bond acceptors (Lipinski definition) is 4. The third kappa shape index (κ3) is 2.12. The summed E-state index contributed by atoms with van der Waals surface area (Å²) in [5.74, 6) is 0.774.